The first-order valence-corrected chi connectivity index (χ1v) is 9.11. The first-order chi connectivity index (χ1) is 12.9. The predicted octanol–water partition coefficient (Wildman–Crippen LogP) is 3.55. The Balaban J connectivity index is 1.65. The van der Waals surface area contributed by atoms with Crippen LogP contribution >= 0.6 is 0 Å². The molecule has 0 unspecified atom stereocenters. The number of benzene rings is 2. The molecule has 1 heterocycles. The summed E-state index contributed by atoms with van der Waals surface area (Å²) in [7, 11) is 0. The van der Waals surface area contributed by atoms with Gasteiger partial charge in [0.25, 0.3) is 0 Å². The van der Waals surface area contributed by atoms with Gasteiger partial charge in [-0.1, -0.05) is 36.4 Å². The zero-order chi connectivity index (χ0) is 19.4. The SMILES string of the molecule is CC(C)N(Cc1ccccc1)C(=O)N[C@H]1CC(=O)N(c2cccc(F)c2)C1. The van der Waals surface area contributed by atoms with Crippen molar-refractivity contribution in [2.45, 2.75) is 38.9 Å². The second-order valence-electron chi connectivity index (χ2n) is 7.04. The Kier molecular flexibility index (Phi) is 5.74. The molecule has 1 atom stereocenters. The number of carbonyl (C=O) groups excluding carboxylic acids is 2. The van der Waals surface area contributed by atoms with Gasteiger partial charge in [-0.15, -0.1) is 0 Å². The van der Waals surface area contributed by atoms with Gasteiger partial charge in [0.15, 0.2) is 0 Å². The smallest absolute Gasteiger partial charge is 0.318 e. The summed E-state index contributed by atoms with van der Waals surface area (Å²) in [6, 6.07) is 15.2. The van der Waals surface area contributed by atoms with Gasteiger partial charge in [-0.25, -0.2) is 9.18 Å². The number of urea groups is 1. The van der Waals surface area contributed by atoms with Gasteiger partial charge in [0.1, 0.15) is 5.82 Å². The fraction of sp³-hybridized carbons (Fsp3) is 0.333. The number of carbonyl (C=O) groups is 2. The van der Waals surface area contributed by atoms with Crippen LogP contribution in [0.3, 0.4) is 0 Å². The lowest BCUT2D eigenvalue weighted by Gasteiger charge is -2.28. The lowest BCUT2D eigenvalue weighted by atomic mass is 10.2. The van der Waals surface area contributed by atoms with E-state index in [1.807, 2.05) is 44.2 Å². The molecule has 1 N–H and O–H groups in total. The Morgan fingerprint density at radius 3 is 2.63 bits per heavy atom. The molecule has 0 bridgehead atoms. The molecule has 0 saturated carbocycles. The molecule has 3 amide bonds. The van der Waals surface area contributed by atoms with Gasteiger partial charge in [-0.05, 0) is 37.6 Å². The van der Waals surface area contributed by atoms with E-state index >= 15 is 0 Å². The first-order valence-electron chi connectivity index (χ1n) is 9.11. The fourth-order valence-electron chi connectivity index (χ4n) is 3.22. The molecular weight excluding hydrogens is 345 g/mol. The van der Waals surface area contributed by atoms with E-state index in [2.05, 4.69) is 5.32 Å². The monoisotopic (exact) mass is 369 g/mol. The molecule has 5 nitrogen and oxygen atoms in total. The van der Waals surface area contributed by atoms with E-state index in [1.54, 1.807) is 17.0 Å². The minimum absolute atomic E-state index is 0.0154. The van der Waals surface area contributed by atoms with E-state index in [4.69, 9.17) is 0 Å². The van der Waals surface area contributed by atoms with E-state index in [1.165, 1.54) is 17.0 Å². The molecule has 1 fully saturated rings. The molecule has 0 radical (unpaired) electrons. The Labute approximate surface area is 158 Å². The second-order valence-corrected chi connectivity index (χ2v) is 7.04. The number of halogens is 1. The summed E-state index contributed by atoms with van der Waals surface area (Å²) >= 11 is 0. The quantitative estimate of drug-likeness (QED) is 0.876. The van der Waals surface area contributed by atoms with Crippen molar-refractivity contribution in [3.63, 3.8) is 0 Å². The van der Waals surface area contributed by atoms with E-state index in [-0.39, 0.29) is 36.3 Å². The average Bonchev–Trinajstić information content (AvgIpc) is 3.00. The topological polar surface area (TPSA) is 52.7 Å². The van der Waals surface area contributed by atoms with Crippen LogP contribution in [0.15, 0.2) is 54.6 Å². The fourth-order valence-corrected chi connectivity index (χ4v) is 3.22. The maximum atomic E-state index is 13.4. The number of nitrogens with zero attached hydrogens (tertiary/aromatic N) is 2. The van der Waals surface area contributed by atoms with Gasteiger partial charge in [0.2, 0.25) is 5.91 Å². The third-order valence-corrected chi connectivity index (χ3v) is 4.65. The zero-order valence-electron chi connectivity index (χ0n) is 15.6. The summed E-state index contributed by atoms with van der Waals surface area (Å²) in [6.45, 7) is 4.76. The van der Waals surface area contributed by atoms with Crippen molar-refractivity contribution >= 4 is 17.6 Å². The van der Waals surface area contributed by atoms with Gasteiger partial charge >= 0.3 is 6.03 Å². The molecule has 0 aliphatic carbocycles. The van der Waals surface area contributed by atoms with Crippen LogP contribution in [0.4, 0.5) is 14.9 Å². The number of rotatable bonds is 5. The van der Waals surface area contributed by atoms with Crippen LogP contribution in [0.2, 0.25) is 0 Å². The van der Waals surface area contributed by atoms with E-state index in [0.29, 0.717) is 18.8 Å². The van der Waals surface area contributed by atoms with Crippen molar-refractivity contribution in [2.75, 3.05) is 11.4 Å². The second kappa shape index (κ2) is 8.20. The van der Waals surface area contributed by atoms with Crippen LogP contribution in [-0.4, -0.2) is 35.5 Å². The molecule has 2 aromatic carbocycles. The van der Waals surface area contributed by atoms with Crippen molar-refractivity contribution in [1.82, 2.24) is 10.2 Å². The van der Waals surface area contributed by atoms with Crippen LogP contribution in [-0.2, 0) is 11.3 Å². The lowest BCUT2D eigenvalue weighted by Crippen LogP contribution is -2.48. The zero-order valence-corrected chi connectivity index (χ0v) is 15.6. The average molecular weight is 369 g/mol. The van der Waals surface area contributed by atoms with Crippen molar-refractivity contribution in [3.05, 3.63) is 66.0 Å². The van der Waals surface area contributed by atoms with Crippen LogP contribution in [0.1, 0.15) is 25.8 Å². The van der Waals surface area contributed by atoms with Gasteiger partial charge in [-0.3, -0.25) is 4.79 Å². The highest BCUT2D eigenvalue weighted by Gasteiger charge is 2.33. The largest absolute Gasteiger partial charge is 0.333 e. The number of hydrogen-bond acceptors (Lipinski definition) is 2. The van der Waals surface area contributed by atoms with E-state index < -0.39 is 0 Å². The summed E-state index contributed by atoms with van der Waals surface area (Å²) in [5.41, 5.74) is 1.56. The Morgan fingerprint density at radius 2 is 1.96 bits per heavy atom. The standard InChI is InChI=1S/C21H24FN3O2/c1-15(2)24(13-16-7-4-3-5-8-16)21(27)23-18-12-20(26)25(14-18)19-10-6-9-17(22)11-19/h3-11,15,18H,12-14H2,1-2H3,(H,23,27)/t18-/m0/s1. The molecule has 142 valence electrons. The summed E-state index contributed by atoms with van der Waals surface area (Å²) in [5, 5.41) is 2.96. The third-order valence-electron chi connectivity index (χ3n) is 4.65. The summed E-state index contributed by atoms with van der Waals surface area (Å²) in [6.07, 6.45) is 0.208. The van der Waals surface area contributed by atoms with Crippen molar-refractivity contribution in [1.29, 1.82) is 0 Å². The van der Waals surface area contributed by atoms with Crippen LogP contribution in [0.5, 0.6) is 0 Å². The first kappa shape index (κ1) is 18.9. The Morgan fingerprint density at radius 1 is 1.22 bits per heavy atom. The van der Waals surface area contributed by atoms with Crippen LogP contribution in [0, 0.1) is 5.82 Å². The van der Waals surface area contributed by atoms with E-state index in [0.717, 1.165) is 5.56 Å². The molecule has 1 aliphatic heterocycles. The summed E-state index contributed by atoms with van der Waals surface area (Å²) < 4.78 is 13.4. The summed E-state index contributed by atoms with van der Waals surface area (Å²) in [4.78, 5) is 28.3. The predicted molar refractivity (Wildman–Crippen MR) is 103 cm³/mol. The highest BCUT2D eigenvalue weighted by atomic mass is 19.1. The molecule has 2 aromatic rings. The lowest BCUT2D eigenvalue weighted by molar-refractivity contribution is -0.117. The normalized spacial score (nSPS) is 16.7. The maximum Gasteiger partial charge on any atom is 0.318 e. The molecule has 1 saturated heterocycles. The number of hydrogen-bond donors (Lipinski definition) is 1. The Hall–Kier alpha value is -2.89. The minimum Gasteiger partial charge on any atom is -0.333 e. The molecular formula is C21H24FN3O2. The highest BCUT2D eigenvalue weighted by Crippen LogP contribution is 2.22. The number of nitrogens with one attached hydrogen (secondary N) is 1. The third kappa shape index (κ3) is 4.64. The van der Waals surface area contributed by atoms with Gasteiger partial charge in [0.05, 0.1) is 6.04 Å². The molecule has 3 rings (SSSR count). The number of amides is 3. The summed E-state index contributed by atoms with van der Waals surface area (Å²) in [5.74, 6) is -0.508. The van der Waals surface area contributed by atoms with Gasteiger partial charge in [0, 0.05) is 31.2 Å². The van der Waals surface area contributed by atoms with Gasteiger partial charge in [-0.2, -0.15) is 0 Å². The molecule has 0 spiro atoms. The van der Waals surface area contributed by atoms with Crippen molar-refractivity contribution in [2.24, 2.45) is 0 Å². The molecule has 27 heavy (non-hydrogen) atoms. The molecule has 1 aliphatic rings. The van der Waals surface area contributed by atoms with Gasteiger partial charge < -0.3 is 15.1 Å². The maximum absolute atomic E-state index is 13.4. The molecule has 6 heteroatoms. The highest BCUT2D eigenvalue weighted by molar-refractivity contribution is 5.96. The van der Waals surface area contributed by atoms with Crippen LogP contribution in [0.25, 0.3) is 0 Å². The minimum atomic E-state index is -0.387. The van der Waals surface area contributed by atoms with Crippen molar-refractivity contribution in [3.8, 4) is 0 Å². The number of anilines is 1. The van der Waals surface area contributed by atoms with E-state index in [9.17, 15) is 14.0 Å². The molecule has 0 aromatic heterocycles. The van der Waals surface area contributed by atoms with Crippen molar-refractivity contribution < 1.29 is 14.0 Å². The van der Waals surface area contributed by atoms with Crippen LogP contribution < -0.4 is 10.2 Å². The Bertz CT molecular complexity index is 810.